The molecule has 0 bridgehead atoms. The van der Waals surface area contributed by atoms with Crippen molar-refractivity contribution < 1.29 is 36.3 Å². The maximum Gasteiger partial charge on any atom is 0.432 e. The average molecular weight is 478 g/mol. The van der Waals surface area contributed by atoms with Gasteiger partial charge in [-0.05, 0) is 30.3 Å². The number of imidazole rings is 1. The van der Waals surface area contributed by atoms with Crippen molar-refractivity contribution in [2.75, 3.05) is 18.5 Å². The van der Waals surface area contributed by atoms with E-state index in [0.717, 1.165) is 12.1 Å². The molecule has 0 saturated heterocycles. The zero-order chi connectivity index (χ0) is 24.7. The maximum absolute atomic E-state index is 13.3. The van der Waals surface area contributed by atoms with Crippen LogP contribution in [0.15, 0.2) is 42.6 Å². The summed E-state index contributed by atoms with van der Waals surface area (Å²) in [5.74, 6) is 1.89. The van der Waals surface area contributed by atoms with E-state index in [-0.39, 0.29) is 41.5 Å². The van der Waals surface area contributed by atoms with Gasteiger partial charge in [0.15, 0.2) is 0 Å². The second-order valence-electron chi connectivity index (χ2n) is 6.64. The molecule has 2 amide bonds. The largest absolute Gasteiger partial charge is 0.490 e. The summed E-state index contributed by atoms with van der Waals surface area (Å²) in [5.41, 5.74) is -0.891. The summed E-state index contributed by atoms with van der Waals surface area (Å²) in [7, 11) is 0. The lowest BCUT2D eigenvalue weighted by Crippen LogP contribution is -2.19. The fourth-order valence-corrected chi connectivity index (χ4v) is 2.70. The second-order valence-corrected chi connectivity index (χ2v) is 6.64. The molecule has 7 nitrogen and oxygen atoms in total. The molecule has 0 radical (unpaired) electrons. The average Bonchev–Trinajstić information content (AvgIpc) is 3.26. The van der Waals surface area contributed by atoms with Crippen LogP contribution in [-0.2, 0) is 15.8 Å². The summed E-state index contributed by atoms with van der Waals surface area (Å²) in [6, 6.07) is 6.64. The number of anilines is 1. The number of ether oxygens (including phenoxy) is 1. The van der Waals surface area contributed by atoms with Gasteiger partial charge in [0.05, 0.1) is 18.4 Å². The van der Waals surface area contributed by atoms with Gasteiger partial charge in [0.25, 0.3) is 0 Å². The number of amides is 2. The molecule has 0 spiro atoms. The number of carbonyl (C=O) groups excluding carboxylic acids is 2. The Bertz CT molecular complexity index is 1240. The van der Waals surface area contributed by atoms with Gasteiger partial charge in [-0.25, -0.2) is 13.8 Å². The van der Waals surface area contributed by atoms with Crippen molar-refractivity contribution in [1.29, 1.82) is 0 Å². The van der Waals surface area contributed by atoms with Crippen LogP contribution < -0.4 is 15.4 Å². The quantitative estimate of drug-likeness (QED) is 0.210. The van der Waals surface area contributed by atoms with Crippen LogP contribution in [0.3, 0.4) is 0 Å². The third kappa shape index (κ3) is 6.55. The Hall–Kier alpha value is -4.40. The first kappa shape index (κ1) is 24.2. The van der Waals surface area contributed by atoms with Crippen LogP contribution in [0, 0.1) is 23.5 Å². The summed E-state index contributed by atoms with van der Waals surface area (Å²) < 4.78 is 70.6. The van der Waals surface area contributed by atoms with Gasteiger partial charge in [-0.15, -0.1) is 0 Å². The minimum atomic E-state index is -4.62. The van der Waals surface area contributed by atoms with E-state index in [1.807, 2.05) is 0 Å². The highest BCUT2D eigenvalue weighted by molar-refractivity contribution is 6.05. The highest BCUT2D eigenvalue weighted by Crippen LogP contribution is 2.32. The number of nitrogens with one attached hydrogen (secondary N) is 3. The van der Waals surface area contributed by atoms with Crippen LogP contribution in [-0.4, -0.2) is 35.4 Å². The molecule has 0 aliphatic rings. The van der Waals surface area contributed by atoms with Crippen molar-refractivity contribution in [2.45, 2.75) is 6.18 Å². The topological polar surface area (TPSA) is 96.1 Å². The van der Waals surface area contributed by atoms with E-state index in [2.05, 4.69) is 32.4 Å². The fraction of sp³-hybridized carbons (Fsp3) is 0.136. The van der Waals surface area contributed by atoms with E-state index >= 15 is 0 Å². The van der Waals surface area contributed by atoms with Gasteiger partial charge in [-0.3, -0.25) is 9.59 Å². The molecule has 176 valence electrons. The molecule has 0 aliphatic heterocycles. The van der Waals surface area contributed by atoms with Gasteiger partial charge in [0.1, 0.15) is 35.5 Å². The van der Waals surface area contributed by atoms with Crippen molar-refractivity contribution in [3.63, 3.8) is 0 Å². The molecule has 0 fully saturated rings. The normalized spacial score (nSPS) is 10.7. The number of hydrogen-bond donors (Lipinski definition) is 3. The molecule has 3 aromatic rings. The van der Waals surface area contributed by atoms with E-state index in [9.17, 15) is 31.5 Å². The first-order valence-electron chi connectivity index (χ1n) is 9.51. The van der Waals surface area contributed by atoms with E-state index in [0.29, 0.717) is 18.7 Å². The zero-order valence-electron chi connectivity index (χ0n) is 17.1. The second kappa shape index (κ2) is 10.5. The summed E-state index contributed by atoms with van der Waals surface area (Å²) in [5, 5.41) is 4.80. The zero-order valence-corrected chi connectivity index (χ0v) is 17.1. The Labute approximate surface area is 189 Å². The lowest BCUT2D eigenvalue weighted by atomic mass is 10.1. The highest BCUT2D eigenvalue weighted by Gasteiger charge is 2.33. The Kier molecular flexibility index (Phi) is 7.47. The van der Waals surface area contributed by atoms with Crippen molar-refractivity contribution >= 4 is 18.0 Å². The molecular formula is C22H15F5N4O3. The number of rotatable bonds is 7. The third-order valence-corrected chi connectivity index (χ3v) is 4.15. The van der Waals surface area contributed by atoms with Crippen LogP contribution in [0.5, 0.6) is 5.75 Å². The summed E-state index contributed by atoms with van der Waals surface area (Å²) in [4.78, 5) is 28.5. The summed E-state index contributed by atoms with van der Waals surface area (Å²) in [6.45, 7) is 0.172. The van der Waals surface area contributed by atoms with Gasteiger partial charge in [-0.1, -0.05) is 5.92 Å². The lowest BCUT2D eigenvalue weighted by molar-refractivity contribution is -0.140. The van der Waals surface area contributed by atoms with Crippen molar-refractivity contribution in [3.05, 3.63) is 65.5 Å². The molecule has 0 aliphatic carbocycles. The first-order chi connectivity index (χ1) is 16.2. The molecular weight excluding hydrogens is 463 g/mol. The van der Waals surface area contributed by atoms with Crippen molar-refractivity contribution in [1.82, 2.24) is 15.3 Å². The summed E-state index contributed by atoms with van der Waals surface area (Å²) >= 11 is 0. The van der Waals surface area contributed by atoms with Crippen LogP contribution in [0.2, 0.25) is 0 Å². The molecule has 2 aromatic carbocycles. The van der Waals surface area contributed by atoms with Gasteiger partial charge >= 0.3 is 12.1 Å². The fourth-order valence-electron chi connectivity index (χ4n) is 2.70. The monoisotopic (exact) mass is 478 g/mol. The predicted octanol–water partition coefficient (Wildman–Crippen LogP) is 3.49. The Balaban J connectivity index is 1.86. The molecule has 0 saturated carbocycles. The molecule has 1 aromatic heterocycles. The minimum Gasteiger partial charge on any atom is -0.490 e. The number of aromatic amines is 1. The summed E-state index contributed by atoms with van der Waals surface area (Å²) in [6.07, 6.45) is -3.52. The van der Waals surface area contributed by atoms with Gasteiger partial charge in [0, 0.05) is 23.1 Å². The van der Waals surface area contributed by atoms with Gasteiger partial charge in [0.2, 0.25) is 6.41 Å². The molecule has 3 N–H and O–H groups in total. The molecule has 12 heteroatoms. The number of hydrogen-bond acceptors (Lipinski definition) is 4. The number of nitrogens with zero attached hydrogens (tertiary/aromatic N) is 1. The minimum absolute atomic E-state index is 0.0220. The smallest absolute Gasteiger partial charge is 0.432 e. The van der Waals surface area contributed by atoms with Gasteiger partial charge < -0.3 is 20.4 Å². The number of benzene rings is 2. The molecule has 0 atom stereocenters. The SMILES string of the molecule is O=CNCCOc1ccc(-c2ncc(C(F)(F)F)[nH]2)cc1NC(=O)C#Cc1cc(F)cc(F)c1. The van der Waals surface area contributed by atoms with Crippen LogP contribution in [0.25, 0.3) is 11.4 Å². The predicted molar refractivity (Wildman–Crippen MR) is 110 cm³/mol. The number of H-pyrrole nitrogens is 1. The molecule has 0 unspecified atom stereocenters. The third-order valence-electron chi connectivity index (χ3n) is 4.15. The molecule has 3 rings (SSSR count). The van der Waals surface area contributed by atoms with Crippen LogP contribution in [0.4, 0.5) is 27.6 Å². The number of aromatic nitrogens is 2. The first-order valence-corrected chi connectivity index (χ1v) is 9.51. The Morgan fingerprint density at radius 3 is 2.53 bits per heavy atom. The highest BCUT2D eigenvalue weighted by atomic mass is 19.4. The lowest BCUT2D eigenvalue weighted by Gasteiger charge is -2.12. The number of halogens is 5. The number of carbonyl (C=O) groups is 2. The van der Waals surface area contributed by atoms with Crippen LogP contribution in [0.1, 0.15) is 11.3 Å². The standard InChI is InChI=1S/C22H15F5N4O3/c23-15-7-13(8-16(24)10-15)1-4-20(33)30-17-9-14(2-3-18(17)34-6-5-28-12-32)21-29-11-19(31-21)22(25,26)27/h2-3,7-12H,5-6H2,(H,28,32)(H,29,31)(H,30,33). The Morgan fingerprint density at radius 1 is 1.15 bits per heavy atom. The number of alkyl halides is 3. The van der Waals surface area contributed by atoms with E-state index in [4.69, 9.17) is 4.74 Å². The molecule has 34 heavy (non-hydrogen) atoms. The Morgan fingerprint density at radius 2 is 1.88 bits per heavy atom. The van der Waals surface area contributed by atoms with E-state index in [1.54, 1.807) is 0 Å². The maximum atomic E-state index is 13.3. The van der Waals surface area contributed by atoms with Crippen molar-refractivity contribution in [2.24, 2.45) is 0 Å². The van der Waals surface area contributed by atoms with Crippen LogP contribution >= 0.6 is 0 Å². The van der Waals surface area contributed by atoms with Crippen molar-refractivity contribution in [3.8, 4) is 29.0 Å². The van der Waals surface area contributed by atoms with Gasteiger partial charge in [-0.2, -0.15) is 13.2 Å². The molecule has 1 heterocycles. The van der Waals surface area contributed by atoms with E-state index in [1.165, 1.54) is 18.2 Å². The van der Waals surface area contributed by atoms with E-state index < -0.39 is 29.4 Å².